The molecule has 2 rings (SSSR count). The maximum Gasteiger partial charge on any atom is 0.256 e. The van der Waals surface area contributed by atoms with Crippen LogP contribution in [-0.2, 0) is 6.54 Å². The zero-order chi connectivity index (χ0) is 13.8. The number of amides is 1. The number of para-hydroxylation sites is 1. The van der Waals surface area contributed by atoms with Crippen LogP contribution in [0, 0.1) is 6.92 Å². The van der Waals surface area contributed by atoms with Gasteiger partial charge in [0, 0.05) is 11.9 Å². The van der Waals surface area contributed by atoms with Crippen molar-refractivity contribution in [2.24, 2.45) is 5.84 Å². The Labute approximate surface area is 116 Å². The van der Waals surface area contributed by atoms with E-state index in [9.17, 15) is 4.79 Å². The largest absolute Gasteiger partial charge is 0.336 e. The number of carbonyl (C=O) groups is 1. The third-order valence-electron chi connectivity index (χ3n) is 2.89. The van der Waals surface area contributed by atoms with Crippen LogP contribution in [0.15, 0.2) is 29.8 Å². The molecule has 0 bridgehead atoms. The van der Waals surface area contributed by atoms with Gasteiger partial charge in [0.25, 0.3) is 5.91 Å². The fraction of sp³-hybridized carbons (Fsp3) is 0.231. The number of hydrazine groups is 1. The average molecular weight is 276 g/mol. The topological polar surface area (TPSA) is 71.2 Å². The summed E-state index contributed by atoms with van der Waals surface area (Å²) >= 11 is 1.56. The van der Waals surface area contributed by atoms with E-state index in [0.29, 0.717) is 17.8 Å². The van der Waals surface area contributed by atoms with E-state index < -0.39 is 0 Å². The number of nitrogens with two attached hydrogens (primary N) is 1. The van der Waals surface area contributed by atoms with Crippen LogP contribution in [0.5, 0.6) is 0 Å². The maximum absolute atomic E-state index is 12.4. The van der Waals surface area contributed by atoms with Crippen LogP contribution >= 0.6 is 11.3 Å². The molecule has 0 atom stereocenters. The molecule has 0 spiro atoms. The molecule has 1 heterocycles. The fourth-order valence-corrected chi connectivity index (χ4v) is 2.60. The van der Waals surface area contributed by atoms with Crippen molar-refractivity contribution in [1.82, 2.24) is 9.88 Å². The van der Waals surface area contributed by atoms with Crippen molar-refractivity contribution in [3.05, 3.63) is 45.9 Å². The Bertz CT molecular complexity index is 582. The van der Waals surface area contributed by atoms with E-state index in [0.717, 1.165) is 10.6 Å². The third-order valence-corrected chi connectivity index (χ3v) is 3.81. The van der Waals surface area contributed by atoms with Gasteiger partial charge in [-0.2, -0.15) is 0 Å². The third kappa shape index (κ3) is 2.91. The van der Waals surface area contributed by atoms with Crippen molar-refractivity contribution in [3.63, 3.8) is 0 Å². The van der Waals surface area contributed by atoms with Gasteiger partial charge in [0.2, 0.25) is 0 Å². The minimum absolute atomic E-state index is 0.0682. The molecule has 5 nitrogen and oxygen atoms in total. The number of carbonyl (C=O) groups excluding carboxylic acids is 1. The monoisotopic (exact) mass is 276 g/mol. The number of hydrogen-bond donors (Lipinski definition) is 2. The number of anilines is 1. The second-order valence-corrected chi connectivity index (χ2v) is 5.15. The Morgan fingerprint density at radius 3 is 2.84 bits per heavy atom. The molecule has 2 aromatic rings. The molecule has 1 amide bonds. The lowest BCUT2D eigenvalue weighted by atomic mass is 10.1. The quantitative estimate of drug-likeness (QED) is 0.662. The molecular weight excluding hydrogens is 260 g/mol. The van der Waals surface area contributed by atoms with E-state index in [2.05, 4.69) is 10.4 Å². The van der Waals surface area contributed by atoms with Gasteiger partial charge in [0.15, 0.2) is 0 Å². The number of nitrogen functional groups attached to an aromatic ring is 1. The van der Waals surface area contributed by atoms with Crippen LogP contribution in [0.1, 0.15) is 20.9 Å². The summed E-state index contributed by atoms with van der Waals surface area (Å²) in [6.07, 6.45) is 0. The van der Waals surface area contributed by atoms with Crippen LogP contribution < -0.4 is 11.3 Å². The summed E-state index contributed by atoms with van der Waals surface area (Å²) in [5.41, 5.74) is 6.49. The van der Waals surface area contributed by atoms with Crippen molar-refractivity contribution in [2.45, 2.75) is 13.5 Å². The van der Waals surface area contributed by atoms with Crippen LogP contribution in [0.2, 0.25) is 0 Å². The maximum atomic E-state index is 12.4. The molecule has 1 aromatic carbocycles. The summed E-state index contributed by atoms with van der Waals surface area (Å²) in [6, 6.07) is 7.19. The summed E-state index contributed by atoms with van der Waals surface area (Å²) in [5.74, 6) is 5.35. The number of benzene rings is 1. The lowest BCUT2D eigenvalue weighted by Crippen LogP contribution is -2.27. The minimum atomic E-state index is -0.0682. The number of aromatic nitrogens is 1. The summed E-state index contributed by atoms with van der Waals surface area (Å²) in [6.45, 7) is 2.49. The molecular formula is C13H16N4OS. The number of thiazole rings is 1. The predicted molar refractivity (Wildman–Crippen MR) is 76.9 cm³/mol. The highest BCUT2D eigenvalue weighted by atomic mass is 32.1. The van der Waals surface area contributed by atoms with Gasteiger partial charge in [0.1, 0.15) is 0 Å². The first-order chi connectivity index (χ1) is 9.13. The highest BCUT2D eigenvalue weighted by Crippen LogP contribution is 2.19. The second kappa shape index (κ2) is 5.81. The van der Waals surface area contributed by atoms with Crippen LogP contribution in [0.3, 0.4) is 0 Å². The first-order valence-corrected chi connectivity index (χ1v) is 6.71. The van der Waals surface area contributed by atoms with Gasteiger partial charge in [-0.05, 0) is 19.1 Å². The molecule has 3 N–H and O–H groups in total. The Hall–Kier alpha value is -1.92. The van der Waals surface area contributed by atoms with Crippen molar-refractivity contribution in [3.8, 4) is 0 Å². The number of aryl methyl sites for hydroxylation is 1. The van der Waals surface area contributed by atoms with Crippen LogP contribution in [0.4, 0.5) is 5.69 Å². The van der Waals surface area contributed by atoms with E-state index in [-0.39, 0.29) is 5.91 Å². The van der Waals surface area contributed by atoms with E-state index in [1.807, 2.05) is 19.1 Å². The second-order valence-electron chi connectivity index (χ2n) is 4.21. The van der Waals surface area contributed by atoms with Gasteiger partial charge in [-0.25, -0.2) is 4.98 Å². The molecule has 0 saturated carbocycles. The molecule has 100 valence electrons. The van der Waals surface area contributed by atoms with Gasteiger partial charge in [-0.1, -0.05) is 12.1 Å². The molecule has 1 aromatic heterocycles. The van der Waals surface area contributed by atoms with Gasteiger partial charge in [0.05, 0.1) is 29.0 Å². The van der Waals surface area contributed by atoms with Gasteiger partial charge in [-0.3, -0.25) is 10.6 Å². The van der Waals surface area contributed by atoms with Crippen molar-refractivity contribution >= 4 is 22.9 Å². The number of nitrogens with one attached hydrogen (secondary N) is 1. The lowest BCUT2D eigenvalue weighted by molar-refractivity contribution is 0.0787. The smallest absolute Gasteiger partial charge is 0.256 e. The Balaban J connectivity index is 2.17. The predicted octanol–water partition coefficient (Wildman–Crippen LogP) is 2.01. The van der Waals surface area contributed by atoms with E-state index in [1.54, 1.807) is 40.9 Å². The Morgan fingerprint density at radius 1 is 1.47 bits per heavy atom. The van der Waals surface area contributed by atoms with Gasteiger partial charge < -0.3 is 10.3 Å². The zero-order valence-electron chi connectivity index (χ0n) is 10.9. The number of rotatable bonds is 4. The molecule has 0 fully saturated rings. The molecule has 0 aliphatic carbocycles. The van der Waals surface area contributed by atoms with Crippen molar-refractivity contribution in [2.75, 3.05) is 12.5 Å². The van der Waals surface area contributed by atoms with Crippen molar-refractivity contribution in [1.29, 1.82) is 0 Å². The van der Waals surface area contributed by atoms with Crippen molar-refractivity contribution < 1.29 is 4.79 Å². The summed E-state index contributed by atoms with van der Waals surface area (Å²) < 4.78 is 0. The standard InChI is InChI=1S/C13H16N4OS/c1-9-12(19-8-15-9)7-17(2)13(18)10-5-3-4-6-11(10)16-14/h3-6,8,16H,7,14H2,1-2H3. The molecule has 0 radical (unpaired) electrons. The number of hydrogen-bond acceptors (Lipinski definition) is 5. The Morgan fingerprint density at radius 2 is 2.21 bits per heavy atom. The summed E-state index contributed by atoms with van der Waals surface area (Å²) in [5, 5.41) is 0. The van der Waals surface area contributed by atoms with Gasteiger partial charge >= 0.3 is 0 Å². The van der Waals surface area contributed by atoms with Crippen LogP contribution in [0.25, 0.3) is 0 Å². The van der Waals surface area contributed by atoms with E-state index in [1.165, 1.54) is 0 Å². The molecule has 0 unspecified atom stereocenters. The number of nitrogens with zero attached hydrogens (tertiary/aromatic N) is 2. The highest BCUT2D eigenvalue weighted by molar-refractivity contribution is 7.09. The highest BCUT2D eigenvalue weighted by Gasteiger charge is 2.16. The zero-order valence-corrected chi connectivity index (χ0v) is 11.7. The SMILES string of the molecule is Cc1ncsc1CN(C)C(=O)c1ccccc1NN. The fourth-order valence-electron chi connectivity index (χ4n) is 1.77. The molecule has 0 aliphatic heterocycles. The molecule has 19 heavy (non-hydrogen) atoms. The van der Waals surface area contributed by atoms with E-state index >= 15 is 0 Å². The summed E-state index contributed by atoms with van der Waals surface area (Å²) in [4.78, 5) is 19.3. The average Bonchev–Trinajstić information content (AvgIpc) is 2.83. The lowest BCUT2D eigenvalue weighted by Gasteiger charge is -2.18. The normalized spacial score (nSPS) is 10.3. The van der Waals surface area contributed by atoms with Crippen LogP contribution in [-0.4, -0.2) is 22.8 Å². The Kier molecular flexibility index (Phi) is 4.13. The first kappa shape index (κ1) is 13.5. The van der Waals surface area contributed by atoms with E-state index in [4.69, 9.17) is 5.84 Å². The first-order valence-electron chi connectivity index (χ1n) is 5.83. The summed E-state index contributed by atoms with van der Waals surface area (Å²) in [7, 11) is 1.77. The molecule has 0 aliphatic rings. The minimum Gasteiger partial charge on any atom is -0.336 e. The molecule has 6 heteroatoms. The molecule has 0 saturated heterocycles. The van der Waals surface area contributed by atoms with Gasteiger partial charge in [-0.15, -0.1) is 11.3 Å².